The van der Waals surface area contributed by atoms with E-state index in [1.165, 1.54) is 6.07 Å². The highest BCUT2D eigenvalue weighted by molar-refractivity contribution is 6.42. The molecule has 0 bridgehead atoms. The number of halogens is 2. The molecule has 2 aromatic carbocycles. The number of nitro groups is 1. The Labute approximate surface area is 155 Å². The Kier molecular flexibility index (Phi) is 6.36. The van der Waals surface area contributed by atoms with Gasteiger partial charge in [0, 0.05) is 11.6 Å². The van der Waals surface area contributed by atoms with E-state index in [9.17, 15) is 14.9 Å². The lowest BCUT2D eigenvalue weighted by atomic mass is 10.1. The average Bonchev–Trinajstić information content (AvgIpc) is 2.52. The van der Waals surface area contributed by atoms with Crippen LogP contribution < -0.4 is 10.2 Å². The van der Waals surface area contributed by atoms with Crippen LogP contribution in [-0.2, 0) is 11.3 Å². The Balaban J connectivity index is 2.03. The number of nitro benzene ring substituents is 1. The predicted octanol–water partition coefficient (Wildman–Crippen LogP) is 2.86. The number of hydrogen-bond acceptors (Lipinski definition) is 3. The Morgan fingerprint density at radius 1 is 1.24 bits per heavy atom. The molecule has 0 aliphatic carbocycles. The highest BCUT2D eigenvalue weighted by Crippen LogP contribution is 2.27. The third kappa shape index (κ3) is 5.16. The number of aryl methyl sites for hydroxylation is 1. The maximum Gasteiger partial charge on any atom is 0.293 e. The first-order chi connectivity index (χ1) is 11.8. The summed E-state index contributed by atoms with van der Waals surface area (Å²) in [5, 5.41) is 14.7. The van der Waals surface area contributed by atoms with E-state index in [1.807, 2.05) is 13.1 Å². The first kappa shape index (κ1) is 19.2. The maximum atomic E-state index is 12.3. The van der Waals surface area contributed by atoms with Gasteiger partial charge in [-0.2, -0.15) is 0 Å². The van der Waals surface area contributed by atoms with Gasteiger partial charge in [0.05, 0.1) is 22.0 Å². The molecule has 0 saturated carbocycles. The lowest BCUT2D eigenvalue weighted by Crippen LogP contribution is -3.08. The van der Waals surface area contributed by atoms with Gasteiger partial charge >= 0.3 is 0 Å². The number of amides is 1. The van der Waals surface area contributed by atoms with E-state index in [2.05, 4.69) is 5.32 Å². The molecule has 0 radical (unpaired) electrons. The first-order valence-corrected chi connectivity index (χ1v) is 8.32. The number of nitrogens with one attached hydrogen (secondary N) is 2. The SMILES string of the molecule is Cc1cccc([N+](=O)[O-])c1NC(=O)C[NH+](C)Cc1ccc(Cl)c(Cl)c1. The van der Waals surface area contributed by atoms with Gasteiger partial charge in [-0.3, -0.25) is 14.9 Å². The van der Waals surface area contributed by atoms with E-state index in [1.54, 1.807) is 31.2 Å². The van der Waals surface area contributed by atoms with Gasteiger partial charge in [-0.15, -0.1) is 0 Å². The van der Waals surface area contributed by atoms with E-state index in [0.717, 1.165) is 10.5 Å². The summed E-state index contributed by atoms with van der Waals surface area (Å²) in [6.45, 7) is 2.45. The minimum Gasteiger partial charge on any atom is -0.326 e. The van der Waals surface area contributed by atoms with Crippen molar-refractivity contribution < 1.29 is 14.6 Å². The smallest absolute Gasteiger partial charge is 0.293 e. The Morgan fingerprint density at radius 2 is 1.96 bits per heavy atom. The summed E-state index contributed by atoms with van der Waals surface area (Å²) in [4.78, 5) is 23.8. The van der Waals surface area contributed by atoms with Crippen molar-refractivity contribution in [2.45, 2.75) is 13.5 Å². The summed E-state index contributed by atoms with van der Waals surface area (Å²) in [5.41, 5.74) is 1.71. The molecule has 8 heteroatoms. The predicted molar refractivity (Wildman–Crippen MR) is 98.4 cm³/mol. The number of carbonyl (C=O) groups excluding carboxylic acids is 1. The first-order valence-electron chi connectivity index (χ1n) is 7.57. The number of hydrogen-bond donors (Lipinski definition) is 2. The monoisotopic (exact) mass is 382 g/mol. The molecule has 1 atom stereocenters. The second kappa shape index (κ2) is 8.29. The lowest BCUT2D eigenvalue weighted by Gasteiger charge is -2.15. The van der Waals surface area contributed by atoms with Crippen molar-refractivity contribution in [1.82, 2.24) is 0 Å². The van der Waals surface area contributed by atoms with Gasteiger partial charge in [0.2, 0.25) is 0 Å². The molecule has 2 aromatic rings. The molecule has 6 nitrogen and oxygen atoms in total. The molecule has 1 unspecified atom stereocenters. The van der Waals surface area contributed by atoms with E-state index >= 15 is 0 Å². The van der Waals surface area contributed by atoms with Crippen molar-refractivity contribution in [2.75, 3.05) is 18.9 Å². The molecule has 2 rings (SSSR count). The summed E-state index contributed by atoms with van der Waals surface area (Å²) < 4.78 is 0. The van der Waals surface area contributed by atoms with Gasteiger partial charge < -0.3 is 10.2 Å². The van der Waals surface area contributed by atoms with Crippen LogP contribution in [-0.4, -0.2) is 24.4 Å². The molecule has 0 spiro atoms. The van der Waals surface area contributed by atoms with Crippen molar-refractivity contribution in [1.29, 1.82) is 0 Å². The number of likely N-dealkylation sites (N-methyl/N-ethyl adjacent to an activating group) is 1. The fourth-order valence-electron chi connectivity index (χ4n) is 2.49. The quantitative estimate of drug-likeness (QED) is 0.595. The van der Waals surface area contributed by atoms with Gasteiger partial charge in [0.15, 0.2) is 6.54 Å². The molecular weight excluding hydrogens is 365 g/mol. The molecule has 0 heterocycles. The molecular formula is C17H18Cl2N3O3+. The Bertz CT molecular complexity index is 812. The highest BCUT2D eigenvalue weighted by atomic mass is 35.5. The summed E-state index contributed by atoms with van der Waals surface area (Å²) in [7, 11) is 1.86. The van der Waals surface area contributed by atoms with Crippen molar-refractivity contribution in [3.63, 3.8) is 0 Å². The fourth-order valence-corrected chi connectivity index (χ4v) is 2.81. The van der Waals surface area contributed by atoms with Crippen LogP contribution in [0, 0.1) is 17.0 Å². The summed E-state index contributed by atoms with van der Waals surface area (Å²) in [6.07, 6.45) is 0. The number of rotatable bonds is 6. The number of quaternary nitrogens is 1. The molecule has 0 aliphatic rings. The van der Waals surface area contributed by atoms with Gasteiger partial charge in [0.25, 0.3) is 11.6 Å². The van der Waals surface area contributed by atoms with Crippen LogP contribution in [0.4, 0.5) is 11.4 Å². The van der Waals surface area contributed by atoms with Crippen LogP contribution in [0.1, 0.15) is 11.1 Å². The standard InChI is InChI=1S/C17H17Cl2N3O3/c1-11-4-3-5-15(22(24)25)17(11)20-16(23)10-21(2)9-12-6-7-13(18)14(19)8-12/h3-8H,9-10H2,1-2H3,(H,20,23)/p+1. The largest absolute Gasteiger partial charge is 0.326 e. The maximum absolute atomic E-state index is 12.3. The zero-order chi connectivity index (χ0) is 18.6. The van der Waals surface area contributed by atoms with E-state index in [-0.39, 0.29) is 23.8 Å². The Hall–Kier alpha value is -2.15. The van der Waals surface area contributed by atoms with E-state index in [0.29, 0.717) is 22.2 Å². The van der Waals surface area contributed by atoms with Crippen LogP contribution >= 0.6 is 23.2 Å². The average molecular weight is 383 g/mol. The van der Waals surface area contributed by atoms with Gasteiger partial charge in [-0.1, -0.05) is 41.4 Å². The van der Waals surface area contributed by atoms with E-state index in [4.69, 9.17) is 23.2 Å². The number of benzene rings is 2. The van der Waals surface area contributed by atoms with Gasteiger partial charge in [0.1, 0.15) is 12.2 Å². The number of nitrogens with zero attached hydrogens (tertiary/aromatic N) is 1. The summed E-state index contributed by atoms with van der Waals surface area (Å²) >= 11 is 11.9. The number of anilines is 1. The molecule has 0 fully saturated rings. The third-order valence-corrected chi connectivity index (χ3v) is 4.40. The lowest BCUT2D eigenvalue weighted by molar-refractivity contribution is -0.885. The molecule has 0 saturated heterocycles. The third-order valence-electron chi connectivity index (χ3n) is 3.66. The second-order valence-electron chi connectivity index (χ2n) is 5.83. The van der Waals surface area contributed by atoms with Gasteiger partial charge in [-0.05, 0) is 24.6 Å². The molecule has 2 N–H and O–H groups in total. The van der Waals surface area contributed by atoms with Crippen LogP contribution in [0.2, 0.25) is 10.0 Å². The fraction of sp³-hybridized carbons (Fsp3) is 0.235. The van der Waals surface area contributed by atoms with Crippen molar-refractivity contribution >= 4 is 40.5 Å². The van der Waals surface area contributed by atoms with Gasteiger partial charge in [-0.25, -0.2) is 0 Å². The normalized spacial score (nSPS) is 11.8. The van der Waals surface area contributed by atoms with Crippen molar-refractivity contribution in [3.05, 3.63) is 67.7 Å². The zero-order valence-electron chi connectivity index (χ0n) is 13.8. The minimum absolute atomic E-state index is 0.115. The van der Waals surface area contributed by atoms with Crippen molar-refractivity contribution in [3.8, 4) is 0 Å². The van der Waals surface area contributed by atoms with Crippen LogP contribution in [0.25, 0.3) is 0 Å². The van der Waals surface area contributed by atoms with Crippen LogP contribution in [0.5, 0.6) is 0 Å². The molecule has 0 aromatic heterocycles. The molecule has 25 heavy (non-hydrogen) atoms. The number of carbonyl (C=O) groups is 1. The minimum atomic E-state index is -0.505. The summed E-state index contributed by atoms with van der Waals surface area (Å²) in [5.74, 6) is -0.296. The van der Waals surface area contributed by atoms with Crippen LogP contribution in [0.15, 0.2) is 36.4 Å². The van der Waals surface area contributed by atoms with Crippen molar-refractivity contribution in [2.24, 2.45) is 0 Å². The Morgan fingerprint density at radius 3 is 2.60 bits per heavy atom. The number of para-hydroxylation sites is 1. The highest BCUT2D eigenvalue weighted by Gasteiger charge is 2.19. The van der Waals surface area contributed by atoms with E-state index < -0.39 is 4.92 Å². The summed E-state index contributed by atoms with van der Waals surface area (Å²) in [6, 6.07) is 10.00. The molecule has 1 amide bonds. The molecule has 132 valence electrons. The second-order valence-corrected chi connectivity index (χ2v) is 6.65. The van der Waals surface area contributed by atoms with Crippen LogP contribution in [0.3, 0.4) is 0 Å². The molecule has 0 aliphatic heterocycles. The topological polar surface area (TPSA) is 76.7 Å². The zero-order valence-corrected chi connectivity index (χ0v) is 15.3.